The summed E-state index contributed by atoms with van der Waals surface area (Å²) in [6.45, 7) is 6.58. The van der Waals surface area contributed by atoms with E-state index in [1.165, 1.54) is 6.42 Å². The highest BCUT2D eigenvalue weighted by molar-refractivity contribution is 5.84. The zero-order chi connectivity index (χ0) is 24.2. The molecule has 2 bridgehead atoms. The van der Waals surface area contributed by atoms with Gasteiger partial charge in [0.2, 0.25) is 0 Å². The number of hydrogen-bond donors (Lipinski definition) is 0. The summed E-state index contributed by atoms with van der Waals surface area (Å²) in [5.41, 5.74) is 3.04. The molecular weight excluding hydrogens is 436 g/mol. The van der Waals surface area contributed by atoms with Crippen LogP contribution in [-0.4, -0.2) is 49.8 Å². The van der Waals surface area contributed by atoms with E-state index in [2.05, 4.69) is 46.5 Å². The molecule has 3 aliphatic rings. The average Bonchev–Trinajstić information content (AvgIpc) is 2.93. The summed E-state index contributed by atoms with van der Waals surface area (Å²) in [5, 5.41) is 1.07. The highest BCUT2D eigenvalue weighted by Crippen LogP contribution is 2.43. The summed E-state index contributed by atoms with van der Waals surface area (Å²) in [7, 11) is 3.36. The van der Waals surface area contributed by atoms with Gasteiger partial charge in [0.05, 0.1) is 25.8 Å². The topological polar surface area (TPSA) is 43.8 Å². The molecule has 1 unspecified atom stereocenters. The molecule has 0 spiro atoms. The van der Waals surface area contributed by atoms with Gasteiger partial charge in [0.1, 0.15) is 18.1 Å². The molecule has 35 heavy (non-hydrogen) atoms. The molecule has 2 aromatic carbocycles. The maximum Gasteiger partial charge on any atom is 0.119 e. The predicted octanol–water partition coefficient (Wildman–Crippen LogP) is 5.26. The van der Waals surface area contributed by atoms with Crippen molar-refractivity contribution in [1.82, 2.24) is 9.88 Å². The van der Waals surface area contributed by atoms with Crippen molar-refractivity contribution in [3.63, 3.8) is 0 Å². The SMILES string of the molecule is C=C[C@@H]1CN2CC[C@H]1C[C@@H]2[C@@H](OCC#Cc1ccc(OC)cc1)c1ccnc2ccc(OC)cc12. The molecule has 0 N–H and O–H groups in total. The van der Waals surface area contributed by atoms with Crippen LogP contribution in [0.4, 0.5) is 0 Å². The van der Waals surface area contributed by atoms with Crippen LogP contribution in [0.3, 0.4) is 0 Å². The van der Waals surface area contributed by atoms with Crippen molar-refractivity contribution in [2.45, 2.75) is 25.0 Å². The van der Waals surface area contributed by atoms with Gasteiger partial charge in [-0.3, -0.25) is 9.88 Å². The molecule has 0 saturated carbocycles. The molecular formula is C30H32N2O3. The molecule has 5 heteroatoms. The number of benzene rings is 2. The number of methoxy groups -OCH3 is 2. The number of nitrogens with zero attached hydrogens (tertiary/aromatic N) is 2. The number of ether oxygens (including phenoxy) is 3. The van der Waals surface area contributed by atoms with Crippen LogP contribution in [0.25, 0.3) is 10.9 Å². The molecule has 3 aliphatic heterocycles. The number of fused-ring (bicyclic) bond motifs is 4. The molecule has 3 aromatic rings. The van der Waals surface area contributed by atoms with Crippen LogP contribution in [0.15, 0.2) is 67.4 Å². The number of rotatable bonds is 7. The second kappa shape index (κ2) is 10.5. The van der Waals surface area contributed by atoms with E-state index in [0.29, 0.717) is 24.5 Å². The minimum atomic E-state index is -0.105. The van der Waals surface area contributed by atoms with Crippen molar-refractivity contribution < 1.29 is 14.2 Å². The molecule has 3 fully saturated rings. The lowest BCUT2D eigenvalue weighted by Gasteiger charge is -2.51. The van der Waals surface area contributed by atoms with Gasteiger partial charge in [-0.1, -0.05) is 17.9 Å². The van der Waals surface area contributed by atoms with Crippen LogP contribution in [0.2, 0.25) is 0 Å². The first-order chi connectivity index (χ1) is 17.2. The summed E-state index contributed by atoms with van der Waals surface area (Å²) in [4.78, 5) is 7.18. The van der Waals surface area contributed by atoms with Crippen LogP contribution < -0.4 is 9.47 Å². The van der Waals surface area contributed by atoms with Gasteiger partial charge in [-0.15, -0.1) is 6.58 Å². The predicted molar refractivity (Wildman–Crippen MR) is 139 cm³/mol. The Labute approximate surface area is 207 Å². The van der Waals surface area contributed by atoms with Gasteiger partial charge in [0.25, 0.3) is 0 Å². The maximum absolute atomic E-state index is 6.60. The van der Waals surface area contributed by atoms with Crippen molar-refractivity contribution in [2.75, 3.05) is 33.9 Å². The molecule has 0 radical (unpaired) electrons. The molecule has 180 valence electrons. The van der Waals surface area contributed by atoms with Gasteiger partial charge in [-0.2, -0.15) is 0 Å². The zero-order valence-corrected chi connectivity index (χ0v) is 20.4. The normalized spacial score (nSPS) is 23.8. The van der Waals surface area contributed by atoms with E-state index in [1.807, 2.05) is 42.6 Å². The highest BCUT2D eigenvalue weighted by Gasteiger charge is 2.43. The fourth-order valence-electron chi connectivity index (χ4n) is 5.57. The first kappa shape index (κ1) is 23.4. The summed E-state index contributed by atoms with van der Waals surface area (Å²) in [5.74, 6) is 9.31. The van der Waals surface area contributed by atoms with E-state index in [9.17, 15) is 0 Å². The second-order valence-electron chi connectivity index (χ2n) is 9.29. The summed E-state index contributed by atoms with van der Waals surface area (Å²) in [6, 6.07) is 16.2. The number of hydrogen-bond acceptors (Lipinski definition) is 5. The Balaban J connectivity index is 1.44. The standard InChI is InChI=1S/C30H32N2O3/c1-4-22-20-32-16-14-23(22)18-29(32)30(35-17-5-6-21-7-9-24(33-2)10-8-21)26-13-15-31-28-12-11-25(34-3)19-27(26)28/h4,7-13,15,19,22-23,29-30H,1,14,16-18,20H2,2-3H3/t22-,23+,29-,30+/m1/s1. The molecule has 6 rings (SSSR count). The van der Waals surface area contributed by atoms with Crippen LogP contribution >= 0.6 is 0 Å². The van der Waals surface area contributed by atoms with E-state index in [4.69, 9.17) is 14.2 Å². The Bertz CT molecular complexity index is 1240. The summed E-state index contributed by atoms with van der Waals surface area (Å²) in [6.07, 6.45) is 6.23. The Morgan fingerprint density at radius 2 is 1.91 bits per heavy atom. The van der Waals surface area contributed by atoms with Crippen molar-refractivity contribution in [3.05, 3.63) is 78.5 Å². The fourth-order valence-corrected chi connectivity index (χ4v) is 5.57. The van der Waals surface area contributed by atoms with Gasteiger partial charge >= 0.3 is 0 Å². The van der Waals surface area contributed by atoms with Crippen molar-refractivity contribution in [3.8, 4) is 23.3 Å². The molecule has 5 nitrogen and oxygen atoms in total. The Kier molecular flexibility index (Phi) is 7.03. The smallest absolute Gasteiger partial charge is 0.119 e. The van der Waals surface area contributed by atoms with E-state index in [0.717, 1.165) is 53.0 Å². The van der Waals surface area contributed by atoms with E-state index < -0.39 is 0 Å². The summed E-state index contributed by atoms with van der Waals surface area (Å²) >= 11 is 0. The van der Waals surface area contributed by atoms with Gasteiger partial charge in [-0.25, -0.2) is 0 Å². The third-order valence-corrected chi connectivity index (χ3v) is 7.45. The fraction of sp³-hybridized carbons (Fsp3) is 0.367. The Morgan fingerprint density at radius 1 is 1.11 bits per heavy atom. The minimum absolute atomic E-state index is 0.105. The molecule has 4 heterocycles. The Morgan fingerprint density at radius 3 is 2.63 bits per heavy atom. The first-order valence-corrected chi connectivity index (χ1v) is 12.2. The molecule has 5 atom stereocenters. The van der Waals surface area contributed by atoms with E-state index in [1.54, 1.807) is 14.2 Å². The maximum atomic E-state index is 6.60. The largest absolute Gasteiger partial charge is 0.497 e. The molecule has 0 aliphatic carbocycles. The Hall–Kier alpha value is -3.33. The van der Waals surface area contributed by atoms with Crippen molar-refractivity contribution in [2.24, 2.45) is 11.8 Å². The minimum Gasteiger partial charge on any atom is -0.497 e. The first-order valence-electron chi connectivity index (χ1n) is 12.2. The molecule has 0 amide bonds. The van der Waals surface area contributed by atoms with E-state index in [-0.39, 0.29) is 6.10 Å². The molecule has 3 saturated heterocycles. The van der Waals surface area contributed by atoms with Gasteiger partial charge in [0.15, 0.2) is 0 Å². The zero-order valence-electron chi connectivity index (χ0n) is 20.4. The lowest BCUT2D eigenvalue weighted by atomic mass is 9.73. The number of pyridine rings is 1. The third-order valence-electron chi connectivity index (χ3n) is 7.45. The van der Waals surface area contributed by atoms with Crippen molar-refractivity contribution in [1.29, 1.82) is 0 Å². The van der Waals surface area contributed by atoms with Gasteiger partial charge in [0, 0.05) is 29.7 Å². The second-order valence-corrected chi connectivity index (χ2v) is 9.29. The number of piperidine rings is 3. The summed E-state index contributed by atoms with van der Waals surface area (Å²) < 4.78 is 17.4. The lowest BCUT2D eigenvalue weighted by molar-refractivity contribution is -0.0673. The average molecular weight is 469 g/mol. The highest BCUT2D eigenvalue weighted by atomic mass is 16.5. The van der Waals surface area contributed by atoms with Crippen molar-refractivity contribution >= 4 is 10.9 Å². The third kappa shape index (κ3) is 4.91. The number of aromatic nitrogens is 1. The van der Waals surface area contributed by atoms with Gasteiger partial charge < -0.3 is 14.2 Å². The van der Waals surface area contributed by atoms with Crippen LogP contribution in [0, 0.1) is 23.7 Å². The van der Waals surface area contributed by atoms with Crippen LogP contribution in [0.5, 0.6) is 11.5 Å². The van der Waals surface area contributed by atoms with Crippen LogP contribution in [0.1, 0.15) is 30.1 Å². The van der Waals surface area contributed by atoms with Gasteiger partial charge in [-0.05, 0) is 85.3 Å². The lowest BCUT2D eigenvalue weighted by Crippen LogP contribution is -2.55. The monoisotopic (exact) mass is 468 g/mol. The van der Waals surface area contributed by atoms with E-state index >= 15 is 0 Å². The van der Waals surface area contributed by atoms with Crippen LogP contribution in [-0.2, 0) is 4.74 Å². The molecule has 1 aromatic heterocycles. The quantitative estimate of drug-likeness (QED) is 0.350.